The predicted octanol–water partition coefficient (Wildman–Crippen LogP) is 3.34. The summed E-state index contributed by atoms with van der Waals surface area (Å²) in [5, 5.41) is 15.8. The summed E-state index contributed by atoms with van der Waals surface area (Å²) in [5.74, 6) is 0.878. The van der Waals surface area contributed by atoms with Crippen LogP contribution in [-0.2, 0) is 0 Å². The molecule has 0 heterocycles. The van der Waals surface area contributed by atoms with E-state index in [4.69, 9.17) is 14.2 Å². The van der Waals surface area contributed by atoms with Gasteiger partial charge in [-0.25, -0.2) is 5.43 Å². The second-order valence-electron chi connectivity index (χ2n) is 5.86. The van der Waals surface area contributed by atoms with Gasteiger partial charge in [0.1, 0.15) is 11.5 Å². The fourth-order valence-electron chi connectivity index (χ4n) is 2.78. The number of hydrogen-bond donors (Lipinski definition) is 2. The third kappa shape index (κ3) is 3.83. The maximum absolute atomic E-state index is 12.4. The number of carbonyl (C=O) groups is 1. The van der Waals surface area contributed by atoms with E-state index in [0.29, 0.717) is 22.8 Å². The van der Waals surface area contributed by atoms with E-state index >= 15 is 0 Å². The Kier molecular flexibility index (Phi) is 5.64. The highest BCUT2D eigenvalue weighted by molar-refractivity contribution is 6.01. The molecule has 0 aliphatic heterocycles. The zero-order chi connectivity index (χ0) is 20.1. The quantitative estimate of drug-likeness (QED) is 0.506. The third-order valence-corrected chi connectivity index (χ3v) is 4.21. The van der Waals surface area contributed by atoms with Crippen molar-refractivity contribution in [3.05, 3.63) is 59.7 Å². The van der Waals surface area contributed by atoms with E-state index in [9.17, 15) is 9.90 Å². The average molecular weight is 380 g/mol. The van der Waals surface area contributed by atoms with Gasteiger partial charge in [-0.15, -0.1) is 0 Å². The zero-order valence-corrected chi connectivity index (χ0v) is 15.7. The minimum atomic E-state index is -0.529. The van der Waals surface area contributed by atoms with Crippen LogP contribution in [0, 0.1) is 0 Å². The van der Waals surface area contributed by atoms with Gasteiger partial charge in [-0.2, -0.15) is 5.10 Å². The molecule has 0 unspecified atom stereocenters. The van der Waals surface area contributed by atoms with Crippen LogP contribution in [-0.4, -0.2) is 38.6 Å². The predicted molar refractivity (Wildman–Crippen MR) is 107 cm³/mol. The van der Waals surface area contributed by atoms with E-state index in [2.05, 4.69) is 10.5 Å². The number of aromatic hydroxyl groups is 1. The first kappa shape index (κ1) is 19.0. The number of phenols is 1. The molecule has 144 valence electrons. The molecule has 0 aromatic heterocycles. The van der Waals surface area contributed by atoms with Crippen LogP contribution in [0.1, 0.15) is 15.9 Å². The maximum Gasteiger partial charge on any atom is 0.275 e. The number of methoxy groups -OCH3 is 3. The van der Waals surface area contributed by atoms with Crippen molar-refractivity contribution in [2.24, 2.45) is 5.10 Å². The Labute approximate surface area is 162 Å². The molecule has 0 saturated heterocycles. The normalized spacial score (nSPS) is 10.8. The first-order valence-electron chi connectivity index (χ1n) is 8.42. The molecule has 0 radical (unpaired) electrons. The smallest absolute Gasteiger partial charge is 0.275 e. The molecule has 1 amide bonds. The first-order valence-corrected chi connectivity index (χ1v) is 8.42. The number of ether oxygens (including phenoxy) is 3. The minimum absolute atomic E-state index is 0.116. The van der Waals surface area contributed by atoms with E-state index in [1.54, 1.807) is 24.3 Å². The Morgan fingerprint density at radius 1 is 0.929 bits per heavy atom. The van der Waals surface area contributed by atoms with Gasteiger partial charge in [0.05, 0.1) is 33.1 Å². The van der Waals surface area contributed by atoms with Crippen LogP contribution >= 0.6 is 0 Å². The van der Waals surface area contributed by atoms with Crippen LogP contribution in [0.3, 0.4) is 0 Å². The first-order chi connectivity index (χ1) is 13.6. The minimum Gasteiger partial charge on any atom is -0.507 e. The molecule has 3 aromatic carbocycles. The van der Waals surface area contributed by atoms with Crippen molar-refractivity contribution in [3.63, 3.8) is 0 Å². The van der Waals surface area contributed by atoms with Crippen LogP contribution in [0.4, 0.5) is 0 Å². The lowest BCUT2D eigenvalue weighted by Gasteiger charge is -2.11. The molecule has 7 nitrogen and oxygen atoms in total. The SMILES string of the molecule is COc1cc(OC)c(OC)cc1C=NNC(=O)c1cc2ccccc2cc1O. The van der Waals surface area contributed by atoms with Crippen LogP contribution in [0.15, 0.2) is 53.6 Å². The zero-order valence-electron chi connectivity index (χ0n) is 15.7. The number of nitrogens with one attached hydrogen (secondary N) is 1. The fourth-order valence-corrected chi connectivity index (χ4v) is 2.78. The van der Waals surface area contributed by atoms with E-state index in [1.165, 1.54) is 27.5 Å². The van der Waals surface area contributed by atoms with Crippen molar-refractivity contribution in [1.82, 2.24) is 5.43 Å². The molecule has 3 aromatic rings. The lowest BCUT2D eigenvalue weighted by atomic mass is 10.1. The molecule has 0 spiro atoms. The molecular formula is C21H20N2O5. The van der Waals surface area contributed by atoms with Gasteiger partial charge >= 0.3 is 0 Å². The lowest BCUT2D eigenvalue weighted by Crippen LogP contribution is -2.17. The average Bonchev–Trinajstić information content (AvgIpc) is 2.72. The van der Waals surface area contributed by atoms with Crippen molar-refractivity contribution in [2.75, 3.05) is 21.3 Å². The summed E-state index contributed by atoms with van der Waals surface area (Å²) >= 11 is 0. The standard InChI is InChI=1S/C21H20N2O5/c1-26-18-11-20(28-3)19(27-2)10-15(18)12-22-23-21(25)16-8-13-6-4-5-7-14(13)9-17(16)24/h4-12,24H,1-3H3,(H,23,25). The van der Waals surface area contributed by atoms with Crippen LogP contribution in [0.2, 0.25) is 0 Å². The Hall–Kier alpha value is -3.74. The van der Waals surface area contributed by atoms with Gasteiger partial charge in [0.2, 0.25) is 0 Å². The number of rotatable bonds is 6. The molecule has 7 heteroatoms. The number of nitrogens with zero attached hydrogens (tertiary/aromatic N) is 1. The number of amides is 1. The number of carbonyl (C=O) groups excluding carboxylic acids is 1. The number of hydrogen-bond acceptors (Lipinski definition) is 6. The van der Waals surface area contributed by atoms with Crippen LogP contribution in [0.25, 0.3) is 10.8 Å². The largest absolute Gasteiger partial charge is 0.507 e. The van der Waals surface area contributed by atoms with E-state index in [1.807, 2.05) is 24.3 Å². The Balaban J connectivity index is 1.83. The lowest BCUT2D eigenvalue weighted by molar-refractivity contribution is 0.0952. The molecule has 0 aliphatic carbocycles. The number of benzene rings is 3. The second kappa shape index (κ2) is 8.30. The molecule has 0 bridgehead atoms. The summed E-state index contributed by atoms with van der Waals surface area (Å²) in [6, 6.07) is 14.0. The summed E-state index contributed by atoms with van der Waals surface area (Å²) in [6.07, 6.45) is 1.43. The second-order valence-corrected chi connectivity index (χ2v) is 5.86. The van der Waals surface area contributed by atoms with Gasteiger partial charge in [0, 0.05) is 11.6 Å². The summed E-state index contributed by atoms with van der Waals surface area (Å²) < 4.78 is 15.8. The molecule has 28 heavy (non-hydrogen) atoms. The van der Waals surface area contributed by atoms with E-state index in [-0.39, 0.29) is 11.3 Å². The summed E-state index contributed by atoms with van der Waals surface area (Å²) in [5.41, 5.74) is 3.13. The monoisotopic (exact) mass is 380 g/mol. The van der Waals surface area contributed by atoms with Gasteiger partial charge in [0.15, 0.2) is 11.5 Å². The number of hydrazone groups is 1. The molecule has 3 rings (SSSR count). The van der Waals surface area contributed by atoms with Crippen molar-refractivity contribution < 1.29 is 24.1 Å². The molecular weight excluding hydrogens is 360 g/mol. The Morgan fingerprint density at radius 2 is 1.54 bits per heavy atom. The highest BCUT2D eigenvalue weighted by Gasteiger charge is 2.13. The van der Waals surface area contributed by atoms with Crippen LogP contribution < -0.4 is 19.6 Å². The van der Waals surface area contributed by atoms with E-state index < -0.39 is 5.91 Å². The van der Waals surface area contributed by atoms with Gasteiger partial charge in [-0.1, -0.05) is 24.3 Å². The molecule has 0 fully saturated rings. The molecule has 0 saturated carbocycles. The highest BCUT2D eigenvalue weighted by Crippen LogP contribution is 2.33. The van der Waals surface area contributed by atoms with E-state index in [0.717, 1.165) is 10.8 Å². The molecule has 2 N–H and O–H groups in total. The van der Waals surface area contributed by atoms with Crippen molar-refractivity contribution in [2.45, 2.75) is 0 Å². The summed E-state index contributed by atoms with van der Waals surface area (Å²) in [7, 11) is 4.57. The molecule has 0 aliphatic rings. The van der Waals surface area contributed by atoms with Gasteiger partial charge in [-0.05, 0) is 29.0 Å². The third-order valence-electron chi connectivity index (χ3n) is 4.21. The molecule has 0 atom stereocenters. The summed E-state index contributed by atoms with van der Waals surface area (Å²) in [4.78, 5) is 12.4. The van der Waals surface area contributed by atoms with Crippen molar-refractivity contribution >= 4 is 22.9 Å². The van der Waals surface area contributed by atoms with Crippen molar-refractivity contribution in [3.8, 4) is 23.0 Å². The van der Waals surface area contributed by atoms with Gasteiger partial charge in [-0.3, -0.25) is 4.79 Å². The van der Waals surface area contributed by atoms with Gasteiger partial charge in [0.25, 0.3) is 5.91 Å². The number of phenolic OH excluding ortho intramolecular Hbond substituents is 1. The number of fused-ring (bicyclic) bond motifs is 1. The van der Waals surface area contributed by atoms with Crippen LogP contribution in [0.5, 0.6) is 23.0 Å². The van der Waals surface area contributed by atoms with Crippen molar-refractivity contribution in [1.29, 1.82) is 0 Å². The van der Waals surface area contributed by atoms with Gasteiger partial charge < -0.3 is 19.3 Å². The Morgan fingerprint density at radius 3 is 2.18 bits per heavy atom. The fraction of sp³-hybridized carbons (Fsp3) is 0.143. The maximum atomic E-state index is 12.4. The Bertz CT molecular complexity index is 1050. The highest BCUT2D eigenvalue weighted by atomic mass is 16.5. The topological polar surface area (TPSA) is 89.4 Å². The summed E-state index contributed by atoms with van der Waals surface area (Å²) in [6.45, 7) is 0.